The zero-order valence-corrected chi connectivity index (χ0v) is 18.6. The number of carboxylic acid groups (broad SMARTS) is 1. The molecule has 4 rings (SSSR count). The molecule has 3 N–H and O–H groups in total. The van der Waals surface area contributed by atoms with Crippen molar-refractivity contribution in [1.29, 1.82) is 0 Å². The molecule has 4 heterocycles. The Bertz CT molecular complexity index is 1170. The molecule has 174 valence electrons. The van der Waals surface area contributed by atoms with E-state index in [1.807, 2.05) is 0 Å². The van der Waals surface area contributed by atoms with Crippen LogP contribution in [0, 0.1) is 11.7 Å². The number of nitrogens with one attached hydrogen (secondary N) is 2. The molecule has 3 aromatic rings. The van der Waals surface area contributed by atoms with Crippen LogP contribution < -0.4 is 5.32 Å². The third kappa shape index (κ3) is 5.57. The number of aromatic nitrogens is 4. The van der Waals surface area contributed by atoms with Gasteiger partial charge in [-0.15, -0.1) is 0 Å². The van der Waals surface area contributed by atoms with Gasteiger partial charge in [-0.3, -0.25) is 9.59 Å². The lowest BCUT2D eigenvalue weighted by Gasteiger charge is -2.33. The van der Waals surface area contributed by atoms with E-state index in [9.17, 15) is 14.0 Å². The molecule has 0 saturated carbocycles. The van der Waals surface area contributed by atoms with Crippen molar-refractivity contribution in [2.75, 3.05) is 25.0 Å². The van der Waals surface area contributed by atoms with Gasteiger partial charge in [0.1, 0.15) is 5.65 Å². The average Bonchev–Trinajstić information content (AvgIpc) is 3.21. The standard InChI is InChI=1S/C22H24ClFN6O3/c23-14-7-15-16(10-27-20(15)26-9-14)21-28-11-17(24)22(29-21)25-8-13-3-2-6-30(12-13)18(31)4-1-5-19(32)33/h7,9-11,13H,1-6,8,12H2,(H,26,27)(H,32,33)(H,25,28,29). The Hall–Kier alpha value is -3.27. The summed E-state index contributed by atoms with van der Waals surface area (Å²) in [7, 11) is 0. The number of hydrogen-bond donors (Lipinski definition) is 3. The van der Waals surface area contributed by atoms with E-state index >= 15 is 0 Å². The van der Waals surface area contributed by atoms with Crippen molar-refractivity contribution in [1.82, 2.24) is 24.8 Å². The van der Waals surface area contributed by atoms with Crippen molar-refractivity contribution in [2.45, 2.75) is 32.1 Å². The first-order valence-electron chi connectivity index (χ1n) is 10.8. The molecule has 0 aliphatic carbocycles. The molecular weight excluding hydrogens is 451 g/mol. The Morgan fingerprint density at radius 2 is 2.15 bits per heavy atom. The maximum absolute atomic E-state index is 14.4. The molecule has 1 aliphatic rings. The molecule has 11 heteroatoms. The fraction of sp³-hybridized carbons (Fsp3) is 0.409. The van der Waals surface area contributed by atoms with Gasteiger partial charge in [0.15, 0.2) is 17.5 Å². The number of likely N-dealkylation sites (tertiary alicyclic amines) is 1. The second kappa shape index (κ2) is 10.1. The minimum absolute atomic E-state index is 0.0153. The SMILES string of the molecule is O=C(O)CCCC(=O)N1CCCC(CNc2nc(-c3c[nH]c4ncc(Cl)cc34)ncc2F)C1. The predicted molar refractivity (Wildman–Crippen MR) is 121 cm³/mol. The zero-order chi connectivity index (χ0) is 23.4. The van der Waals surface area contributed by atoms with Gasteiger partial charge in [-0.2, -0.15) is 0 Å². The highest BCUT2D eigenvalue weighted by Gasteiger charge is 2.24. The maximum Gasteiger partial charge on any atom is 0.303 e. The number of carbonyl (C=O) groups is 2. The topological polar surface area (TPSA) is 124 Å². The number of aliphatic carboxylic acids is 1. The fourth-order valence-electron chi connectivity index (χ4n) is 4.03. The lowest BCUT2D eigenvalue weighted by molar-refractivity contribution is -0.137. The highest BCUT2D eigenvalue weighted by Crippen LogP contribution is 2.28. The van der Waals surface area contributed by atoms with Crippen LogP contribution in [0.1, 0.15) is 32.1 Å². The first-order chi connectivity index (χ1) is 15.9. The number of carbonyl (C=O) groups excluding carboxylic acids is 1. The van der Waals surface area contributed by atoms with Crippen LogP contribution in [0.4, 0.5) is 10.2 Å². The van der Waals surface area contributed by atoms with Gasteiger partial charge in [0.25, 0.3) is 0 Å². The van der Waals surface area contributed by atoms with Gasteiger partial charge in [-0.1, -0.05) is 11.6 Å². The van der Waals surface area contributed by atoms with E-state index < -0.39 is 11.8 Å². The Morgan fingerprint density at radius 3 is 2.97 bits per heavy atom. The van der Waals surface area contributed by atoms with Crippen LogP contribution in [0.15, 0.2) is 24.7 Å². The number of piperidine rings is 1. The van der Waals surface area contributed by atoms with E-state index in [0.717, 1.165) is 24.4 Å². The van der Waals surface area contributed by atoms with Crippen LogP contribution in [0.5, 0.6) is 0 Å². The Kier molecular flexibility index (Phi) is 7.02. The molecule has 0 bridgehead atoms. The van der Waals surface area contributed by atoms with Crippen molar-refractivity contribution in [3.05, 3.63) is 35.5 Å². The van der Waals surface area contributed by atoms with E-state index in [0.29, 0.717) is 48.1 Å². The quantitative estimate of drug-likeness (QED) is 0.454. The number of nitrogens with zero attached hydrogens (tertiary/aromatic N) is 4. The number of carboxylic acids is 1. The molecule has 1 aliphatic heterocycles. The fourth-order valence-corrected chi connectivity index (χ4v) is 4.19. The highest BCUT2D eigenvalue weighted by molar-refractivity contribution is 6.31. The molecule has 1 amide bonds. The van der Waals surface area contributed by atoms with Crippen LogP contribution in [0.3, 0.4) is 0 Å². The summed E-state index contributed by atoms with van der Waals surface area (Å²) in [6.45, 7) is 1.66. The van der Waals surface area contributed by atoms with Gasteiger partial charge in [-0.05, 0) is 31.2 Å². The molecule has 9 nitrogen and oxygen atoms in total. The molecule has 0 aromatic carbocycles. The number of halogens is 2. The summed E-state index contributed by atoms with van der Waals surface area (Å²) in [6, 6.07) is 1.75. The lowest BCUT2D eigenvalue weighted by Crippen LogP contribution is -2.41. The molecule has 0 radical (unpaired) electrons. The average molecular weight is 475 g/mol. The monoisotopic (exact) mass is 474 g/mol. The summed E-state index contributed by atoms with van der Waals surface area (Å²) in [5.74, 6) is -0.935. The first kappa shape index (κ1) is 22.9. The van der Waals surface area contributed by atoms with E-state index in [-0.39, 0.29) is 30.5 Å². The summed E-state index contributed by atoms with van der Waals surface area (Å²) in [5, 5.41) is 13.0. The van der Waals surface area contributed by atoms with Gasteiger partial charge >= 0.3 is 5.97 Å². The maximum atomic E-state index is 14.4. The van der Waals surface area contributed by atoms with Crippen LogP contribution in [0.2, 0.25) is 5.02 Å². The van der Waals surface area contributed by atoms with E-state index in [4.69, 9.17) is 16.7 Å². The minimum atomic E-state index is -0.901. The zero-order valence-electron chi connectivity index (χ0n) is 17.9. The van der Waals surface area contributed by atoms with Gasteiger partial charge in [0.2, 0.25) is 5.91 Å². The summed E-state index contributed by atoms with van der Waals surface area (Å²) in [6.07, 6.45) is 6.65. The predicted octanol–water partition coefficient (Wildman–Crippen LogP) is 3.72. The van der Waals surface area contributed by atoms with Crippen LogP contribution in [0.25, 0.3) is 22.4 Å². The number of hydrogen-bond acceptors (Lipinski definition) is 6. The van der Waals surface area contributed by atoms with Crippen molar-refractivity contribution >= 4 is 40.3 Å². The van der Waals surface area contributed by atoms with Gasteiger partial charge in [0, 0.05) is 55.8 Å². The highest BCUT2D eigenvalue weighted by atomic mass is 35.5. The smallest absolute Gasteiger partial charge is 0.303 e. The van der Waals surface area contributed by atoms with Gasteiger partial charge < -0.3 is 20.3 Å². The van der Waals surface area contributed by atoms with Gasteiger partial charge in [-0.25, -0.2) is 19.3 Å². The molecule has 3 aromatic heterocycles. The Labute approximate surface area is 194 Å². The molecular formula is C22H24ClFN6O3. The number of pyridine rings is 1. The van der Waals surface area contributed by atoms with Crippen molar-refractivity contribution in [3.63, 3.8) is 0 Å². The van der Waals surface area contributed by atoms with Crippen LogP contribution >= 0.6 is 11.6 Å². The van der Waals surface area contributed by atoms with Crippen LogP contribution in [-0.2, 0) is 9.59 Å². The van der Waals surface area contributed by atoms with E-state index in [1.54, 1.807) is 17.2 Å². The lowest BCUT2D eigenvalue weighted by atomic mass is 9.97. The van der Waals surface area contributed by atoms with Crippen molar-refractivity contribution in [3.8, 4) is 11.4 Å². The number of fused-ring (bicyclic) bond motifs is 1. The molecule has 1 unspecified atom stereocenters. The summed E-state index contributed by atoms with van der Waals surface area (Å²) in [4.78, 5) is 40.5. The Morgan fingerprint density at radius 1 is 1.30 bits per heavy atom. The Balaban J connectivity index is 1.40. The van der Waals surface area contributed by atoms with E-state index in [1.165, 1.54) is 6.20 Å². The normalized spacial score (nSPS) is 16.2. The summed E-state index contributed by atoms with van der Waals surface area (Å²) < 4.78 is 14.4. The summed E-state index contributed by atoms with van der Waals surface area (Å²) >= 11 is 6.06. The van der Waals surface area contributed by atoms with Crippen LogP contribution in [-0.4, -0.2) is 61.5 Å². The number of amides is 1. The number of anilines is 1. The molecule has 1 saturated heterocycles. The largest absolute Gasteiger partial charge is 0.481 e. The van der Waals surface area contributed by atoms with Crippen molar-refractivity contribution in [2.24, 2.45) is 5.92 Å². The van der Waals surface area contributed by atoms with Gasteiger partial charge in [0.05, 0.1) is 11.2 Å². The molecule has 1 atom stereocenters. The summed E-state index contributed by atoms with van der Waals surface area (Å²) in [5.41, 5.74) is 1.30. The first-order valence-corrected chi connectivity index (χ1v) is 11.2. The number of aromatic amines is 1. The molecule has 0 spiro atoms. The molecule has 33 heavy (non-hydrogen) atoms. The third-order valence-corrected chi connectivity index (χ3v) is 5.90. The third-order valence-electron chi connectivity index (χ3n) is 5.69. The molecule has 1 fully saturated rings. The van der Waals surface area contributed by atoms with E-state index in [2.05, 4.69) is 25.3 Å². The second-order valence-electron chi connectivity index (χ2n) is 8.12. The van der Waals surface area contributed by atoms with Crippen molar-refractivity contribution < 1.29 is 19.1 Å². The second-order valence-corrected chi connectivity index (χ2v) is 8.55. The minimum Gasteiger partial charge on any atom is -0.481 e. The number of rotatable bonds is 8. The number of H-pyrrole nitrogens is 1.